The quantitative estimate of drug-likeness (QED) is 0.656. The lowest BCUT2D eigenvalue weighted by molar-refractivity contribution is -0.140. The summed E-state index contributed by atoms with van der Waals surface area (Å²) in [6.45, 7) is 1.43. The van der Waals surface area contributed by atoms with Crippen molar-refractivity contribution in [3.8, 4) is 0 Å². The molecule has 0 fully saturated rings. The van der Waals surface area contributed by atoms with Crippen molar-refractivity contribution < 1.29 is 22.8 Å². The van der Waals surface area contributed by atoms with Crippen molar-refractivity contribution in [1.82, 2.24) is 9.88 Å². The number of hydrogen-bond acceptors (Lipinski definition) is 6. The van der Waals surface area contributed by atoms with Gasteiger partial charge in [-0.2, -0.15) is 0 Å². The van der Waals surface area contributed by atoms with E-state index in [2.05, 4.69) is 9.88 Å². The summed E-state index contributed by atoms with van der Waals surface area (Å²) >= 11 is 0. The Morgan fingerprint density at radius 1 is 1.58 bits per heavy atom. The fraction of sp³-hybridized carbons (Fsp3) is 0.400. The molecule has 0 spiro atoms. The van der Waals surface area contributed by atoms with E-state index < -0.39 is 28.0 Å². The summed E-state index contributed by atoms with van der Waals surface area (Å²) in [4.78, 5) is 10.6. The Bertz CT molecular complexity index is 614. The second-order valence-corrected chi connectivity index (χ2v) is 5.90. The van der Waals surface area contributed by atoms with Gasteiger partial charge in [0.25, 0.3) is 0 Å². The van der Waals surface area contributed by atoms with Gasteiger partial charge >= 0.3 is 5.97 Å². The number of nitrogens with one attached hydrogen (secondary N) is 1. The number of rotatable bonds is 4. The van der Waals surface area contributed by atoms with Crippen LogP contribution in [0.2, 0.25) is 0 Å². The predicted octanol–water partition coefficient (Wildman–Crippen LogP) is -0.127. The largest absolute Gasteiger partial charge is 0.481 e. The molecule has 2 unspecified atom stereocenters. The van der Waals surface area contributed by atoms with E-state index in [4.69, 9.17) is 15.4 Å². The van der Waals surface area contributed by atoms with Gasteiger partial charge in [0.15, 0.2) is 16.5 Å². The molecular weight excluding hydrogens is 274 g/mol. The number of aromatic nitrogens is 1. The van der Waals surface area contributed by atoms with Crippen molar-refractivity contribution in [1.29, 1.82) is 0 Å². The first kappa shape index (κ1) is 13.6. The number of carbonyl (C=O) groups is 1. The summed E-state index contributed by atoms with van der Waals surface area (Å²) in [7, 11) is -3.89. The molecule has 104 valence electrons. The molecule has 0 radical (unpaired) electrons. The molecule has 4 N–H and O–H groups in total. The Labute approximate surface area is 109 Å². The van der Waals surface area contributed by atoms with Crippen molar-refractivity contribution in [3.63, 3.8) is 0 Å². The first-order valence-electron chi connectivity index (χ1n) is 5.46. The van der Waals surface area contributed by atoms with E-state index in [1.807, 2.05) is 0 Å². The minimum Gasteiger partial charge on any atom is -0.481 e. The van der Waals surface area contributed by atoms with E-state index in [0.29, 0.717) is 0 Å². The Kier molecular flexibility index (Phi) is 3.33. The van der Waals surface area contributed by atoms with Crippen molar-refractivity contribution in [2.24, 2.45) is 5.92 Å². The van der Waals surface area contributed by atoms with Gasteiger partial charge in [-0.05, 0) is 13.3 Å². The molecule has 0 aromatic carbocycles. The molecule has 2 atom stereocenters. The van der Waals surface area contributed by atoms with Crippen molar-refractivity contribution in [2.75, 3.05) is 5.73 Å². The molecule has 0 bridgehead atoms. The number of sulfonamides is 1. The second-order valence-electron chi connectivity index (χ2n) is 4.25. The summed E-state index contributed by atoms with van der Waals surface area (Å²) in [5.74, 6) is -1.81. The lowest BCUT2D eigenvalue weighted by atomic mass is 10.1. The summed E-state index contributed by atoms with van der Waals surface area (Å²) in [6.07, 6.45) is 3.13. The Balaban J connectivity index is 2.16. The van der Waals surface area contributed by atoms with E-state index in [1.165, 1.54) is 19.1 Å². The van der Waals surface area contributed by atoms with Crippen LogP contribution in [0.4, 0.5) is 5.82 Å². The molecule has 1 aliphatic carbocycles. The summed E-state index contributed by atoms with van der Waals surface area (Å²) in [5.41, 5.74) is 5.44. The zero-order valence-electron chi connectivity index (χ0n) is 10.0. The summed E-state index contributed by atoms with van der Waals surface area (Å²) in [5, 5.41) is 12.2. The Morgan fingerprint density at radius 2 is 2.26 bits per heavy atom. The number of nitrogens with zero attached hydrogens (tertiary/aromatic N) is 1. The molecule has 8 nitrogen and oxygen atoms in total. The summed E-state index contributed by atoms with van der Waals surface area (Å²) in [6, 6.07) is -0.584. The topological polar surface area (TPSA) is 136 Å². The van der Waals surface area contributed by atoms with Crippen LogP contribution in [0.25, 0.3) is 0 Å². The van der Waals surface area contributed by atoms with Crippen molar-refractivity contribution in [2.45, 2.75) is 24.3 Å². The molecule has 0 saturated heterocycles. The Morgan fingerprint density at radius 3 is 2.74 bits per heavy atom. The number of aliphatic carboxylic acids is 1. The van der Waals surface area contributed by atoms with Crippen LogP contribution in [0, 0.1) is 12.8 Å². The average molecular weight is 287 g/mol. The van der Waals surface area contributed by atoms with Gasteiger partial charge in [0, 0.05) is 6.04 Å². The first-order valence-corrected chi connectivity index (χ1v) is 6.95. The number of hydrogen-bond donors (Lipinski definition) is 3. The molecule has 0 saturated carbocycles. The molecule has 2 rings (SSSR count). The zero-order chi connectivity index (χ0) is 14.2. The van der Waals surface area contributed by atoms with Gasteiger partial charge in [-0.1, -0.05) is 17.3 Å². The number of carboxylic acids is 1. The van der Waals surface area contributed by atoms with Crippen LogP contribution < -0.4 is 10.5 Å². The third-order valence-corrected chi connectivity index (χ3v) is 4.46. The number of nitrogens with two attached hydrogens (primary N) is 1. The van der Waals surface area contributed by atoms with Gasteiger partial charge in [-0.25, -0.2) is 13.1 Å². The highest BCUT2D eigenvalue weighted by Crippen LogP contribution is 2.24. The zero-order valence-corrected chi connectivity index (χ0v) is 10.8. The van der Waals surface area contributed by atoms with Gasteiger partial charge in [-0.15, -0.1) is 0 Å². The van der Waals surface area contributed by atoms with Gasteiger partial charge in [0.1, 0.15) is 0 Å². The lowest BCUT2D eigenvalue weighted by Crippen LogP contribution is -2.33. The van der Waals surface area contributed by atoms with Crippen molar-refractivity contribution in [3.05, 3.63) is 17.9 Å². The van der Waals surface area contributed by atoms with E-state index >= 15 is 0 Å². The lowest BCUT2D eigenvalue weighted by Gasteiger charge is -2.12. The SMILES string of the molecule is Cc1onc(N)c1S(=O)(=O)NC1C=CC(C(=O)O)C1. The highest BCUT2D eigenvalue weighted by atomic mass is 32.2. The average Bonchev–Trinajstić information content (AvgIpc) is 2.85. The monoisotopic (exact) mass is 287 g/mol. The van der Waals surface area contributed by atoms with E-state index in [9.17, 15) is 13.2 Å². The minimum absolute atomic E-state index is 0.0850. The molecular formula is C10H13N3O5S. The van der Waals surface area contributed by atoms with Crippen LogP contribution in [0.15, 0.2) is 21.6 Å². The fourth-order valence-electron chi connectivity index (χ4n) is 1.94. The molecule has 1 heterocycles. The molecule has 1 aromatic rings. The number of nitrogen functional groups attached to an aromatic ring is 1. The minimum atomic E-state index is -3.89. The highest BCUT2D eigenvalue weighted by Gasteiger charge is 2.31. The molecule has 1 aliphatic rings. The smallest absolute Gasteiger partial charge is 0.310 e. The van der Waals surface area contributed by atoms with Gasteiger partial charge in [0.2, 0.25) is 10.0 Å². The molecule has 9 heteroatoms. The van der Waals surface area contributed by atoms with E-state index in [-0.39, 0.29) is 22.9 Å². The molecule has 0 amide bonds. The third-order valence-electron chi connectivity index (χ3n) is 2.81. The maximum absolute atomic E-state index is 12.1. The molecule has 19 heavy (non-hydrogen) atoms. The number of carboxylic acid groups (broad SMARTS) is 1. The maximum Gasteiger partial charge on any atom is 0.310 e. The van der Waals surface area contributed by atoms with Crippen LogP contribution in [0.3, 0.4) is 0 Å². The van der Waals surface area contributed by atoms with Gasteiger partial charge < -0.3 is 15.4 Å². The van der Waals surface area contributed by atoms with Crippen LogP contribution in [0.5, 0.6) is 0 Å². The van der Waals surface area contributed by atoms with Crippen LogP contribution in [-0.2, 0) is 14.8 Å². The van der Waals surface area contributed by atoms with E-state index in [1.54, 1.807) is 0 Å². The first-order chi connectivity index (χ1) is 8.81. The van der Waals surface area contributed by atoms with Gasteiger partial charge in [-0.3, -0.25) is 4.79 Å². The molecule has 1 aromatic heterocycles. The second kappa shape index (κ2) is 4.67. The van der Waals surface area contributed by atoms with Crippen molar-refractivity contribution >= 4 is 21.8 Å². The third kappa shape index (κ3) is 2.61. The molecule has 0 aliphatic heterocycles. The highest BCUT2D eigenvalue weighted by molar-refractivity contribution is 7.89. The number of aryl methyl sites for hydroxylation is 1. The van der Waals surface area contributed by atoms with Gasteiger partial charge in [0.05, 0.1) is 5.92 Å². The maximum atomic E-state index is 12.1. The summed E-state index contributed by atoms with van der Waals surface area (Å²) < 4.78 is 31.3. The Hall–Kier alpha value is -1.87. The van der Waals surface area contributed by atoms with Crippen LogP contribution in [0.1, 0.15) is 12.2 Å². The fourth-order valence-corrected chi connectivity index (χ4v) is 3.36. The van der Waals surface area contributed by atoms with Crippen LogP contribution >= 0.6 is 0 Å². The predicted molar refractivity (Wildman–Crippen MR) is 64.6 cm³/mol. The van der Waals surface area contributed by atoms with E-state index in [0.717, 1.165) is 0 Å². The van der Waals surface area contributed by atoms with Crippen LogP contribution in [-0.4, -0.2) is 30.7 Å². The number of anilines is 1. The normalized spacial score (nSPS) is 22.8. The standard InChI is InChI=1S/C10H13N3O5S/c1-5-8(9(11)12-18-5)19(16,17)13-7-3-2-6(4-7)10(14)15/h2-3,6-7,13H,4H2,1H3,(H2,11,12)(H,14,15).